The summed E-state index contributed by atoms with van der Waals surface area (Å²) in [4.78, 5) is 0. The van der Waals surface area contributed by atoms with Crippen molar-refractivity contribution in [2.45, 2.75) is 0 Å². The summed E-state index contributed by atoms with van der Waals surface area (Å²) >= 11 is 18.4. The normalized spacial score (nSPS) is 12.4. The molecular weight excluding hydrogens is 492 g/mol. The molecule has 0 aromatic heterocycles. The first-order valence-corrected chi connectivity index (χ1v) is 12.0. The van der Waals surface area contributed by atoms with Crippen molar-refractivity contribution in [2.75, 3.05) is 0 Å². The van der Waals surface area contributed by atoms with E-state index >= 15 is 0 Å². The quantitative estimate of drug-likeness (QED) is 0.273. The van der Waals surface area contributed by atoms with Crippen LogP contribution in [0.15, 0.2) is 0 Å². The van der Waals surface area contributed by atoms with Gasteiger partial charge in [-0.05, 0) is 42.0 Å². The lowest BCUT2D eigenvalue weighted by molar-refractivity contribution is 1.50. The highest BCUT2D eigenvalue weighted by Crippen LogP contribution is 2.44. The van der Waals surface area contributed by atoms with Crippen LogP contribution in [0.25, 0.3) is 0 Å². The molecule has 0 radical (unpaired) electrons. The summed E-state index contributed by atoms with van der Waals surface area (Å²) in [6.07, 6.45) is -1.48. The fraction of sp³-hybridized carbons (Fsp3) is 0. The molecule has 0 fully saturated rings. The van der Waals surface area contributed by atoms with Crippen LogP contribution in [0.2, 0.25) is 0 Å². The third kappa shape index (κ3) is 6.12. The van der Waals surface area contributed by atoms with Gasteiger partial charge in [0.05, 0.1) is 0 Å². The molecule has 10 heavy (non-hydrogen) atoms. The van der Waals surface area contributed by atoms with Crippen molar-refractivity contribution >= 4 is 116 Å². The molecule has 0 bridgehead atoms. The molecule has 0 spiro atoms. The second kappa shape index (κ2) is 6.98. The van der Waals surface area contributed by atoms with E-state index in [-0.39, 0.29) is 0 Å². The number of nitrogens with zero attached hydrogens (tertiary/aromatic N) is 1. The highest BCUT2D eigenvalue weighted by molar-refractivity contribution is 14.2. The molecule has 0 aliphatic heterocycles. The Morgan fingerprint density at radius 2 is 1.90 bits per heavy atom. The molecule has 0 N–H and O–H groups in total. The number of rotatable bonds is 4. The van der Waals surface area contributed by atoms with Gasteiger partial charge >= 0.3 is 0 Å². The first kappa shape index (κ1) is 13.6. The van der Waals surface area contributed by atoms with Crippen LogP contribution in [0.4, 0.5) is 0 Å². The molecule has 0 atom stereocenters. The zero-order valence-corrected chi connectivity index (χ0v) is 14.2. The molecular formula is HI2NS7. The van der Waals surface area contributed by atoms with Crippen LogP contribution in [0.5, 0.6) is 0 Å². The third-order valence-electron chi connectivity index (χ3n) is 0.313. The molecule has 1 nitrogen and oxygen atoms in total. The van der Waals surface area contributed by atoms with E-state index in [2.05, 4.69) is 57.4 Å². The van der Waals surface area contributed by atoms with E-state index in [4.69, 9.17) is 22.4 Å². The van der Waals surface area contributed by atoms with Crippen LogP contribution in [0.1, 0.15) is 0 Å². The molecule has 0 amide bonds. The van der Waals surface area contributed by atoms with Gasteiger partial charge in [0, 0.05) is 61.9 Å². The summed E-state index contributed by atoms with van der Waals surface area (Å²) < 4.78 is 1.84. The van der Waals surface area contributed by atoms with Crippen molar-refractivity contribution in [1.82, 2.24) is 0.732 Å². The molecule has 0 aliphatic rings. The lowest BCUT2D eigenvalue weighted by atomic mass is 13.9. The predicted octanol–water partition coefficient (Wildman–Crippen LogP) is 3.77. The lowest BCUT2D eigenvalue weighted by Crippen LogP contribution is -1.99. The van der Waals surface area contributed by atoms with Crippen molar-refractivity contribution in [3.05, 3.63) is 0 Å². The van der Waals surface area contributed by atoms with Crippen LogP contribution >= 0.6 is 86.9 Å². The summed E-state index contributed by atoms with van der Waals surface area (Å²) in [6.45, 7) is 0. The minimum atomic E-state index is -1.48. The largest absolute Gasteiger partial charge is 0.114 e. The summed E-state index contributed by atoms with van der Waals surface area (Å²) in [5.41, 5.74) is 0. The Kier molecular flexibility index (Phi) is 9.49. The van der Waals surface area contributed by atoms with Gasteiger partial charge in [-0.15, -0.1) is 0.732 Å². The maximum absolute atomic E-state index is 5.14. The first-order chi connectivity index (χ1) is 4.50. The van der Waals surface area contributed by atoms with Crippen LogP contribution in [0, 0.1) is 0 Å². The van der Waals surface area contributed by atoms with Crippen molar-refractivity contribution in [3.8, 4) is 0 Å². The van der Waals surface area contributed by atoms with Gasteiger partial charge < -0.3 is 0 Å². The molecule has 62 valence electrons. The highest BCUT2D eigenvalue weighted by atomic mass is 127. The molecule has 0 aromatic rings. The Labute approximate surface area is 114 Å². The first-order valence-electron chi connectivity index (χ1n) is 1.54. The van der Waals surface area contributed by atoms with E-state index in [1.165, 1.54) is 29.5 Å². The van der Waals surface area contributed by atoms with Crippen molar-refractivity contribution in [1.29, 1.82) is 0 Å². The molecule has 0 unspecified atom stereocenters. The molecule has 0 rings (SSSR count). The maximum Gasteiger partial charge on any atom is 0.0488 e. The summed E-state index contributed by atoms with van der Waals surface area (Å²) in [5, 5.41) is 0. The zero-order chi connectivity index (χ0) is 8.20. The predicted molar refractivity (Wildman–Crippen MR) is 83.7 cm³/mol. The Hall–Kier alpha value is 3.61. The molecule has 0 aromatic carbocycles. The fourth-order valence-corrected chi connectivity index (χ4v) is 13.7. The number of hydrogen-bond acceptors (Lipinski definition) is 6. The monoisotopic (exact) mass is 493 g/mol. The SMILES string of the molecule is S=S(=S)(SSSS)N(I)I. The van der Waals surface area contributed by atoms with E-state index in [9.17, 15) is 0 Å². The Balaban J connectivity index is 3.90. The second-order valence-electron chi connectivity index (χ2n) is 0.840. The average molecular weight is 493 g/mol. The van der Waals surface area contributed by atoms with Gasteiger partial charge in [-0.1, -0.05) is 11.7 Å². The number of hydrogen-bond donors (Lipinski definition) is 1. The fourth-order valence-electron chi connectivity index (χ4n) is 0.0705. The third-order valence-corrected chi connectivity index (χ3v) is 20.2. The minimum absolute atomic E-state index is 1.37. The molecule has 0 aliphatic carbocycles. The van der Waals surface area contributed by atoms with Crippen LogP contribution in [-0.2, 0) is 28.7 Å². The zero-order valence-electron chi connectivity index (χ0n) is 4.10. The van der Waals surface area contributed by atoms with Gasteiger partial charge in [0.1, 0.15) is 0 Å². The van der Waals surface area contributed by atoms with E-state index in [1.807, 2.05) is 0.732 Å². The van der Waals surface area contributed by atoms with E-state index in [1.54, 1.807) is 0 Å². The van der Waals surface area contributed by atoms with Gasteiger partial charge in [0.25, 0.3) is 0 Å². The topological polar surface area (TPSA) is 3.24 Å². The maximum atomic E-state index is 5.14. The summed E-state index contributed by atoms with van der Waals surface area (Å²) in [7, 11) is 4.41. The molecule has 0 saturated carbocycles. The van der Waals surface area contributed by atoms with Crippen molar-refractivity contribution in [3.63, 3.8) is 0 Å². The van der Waals surface area contributed by atoms with E-state index in [0.29, 0.717) is 0 Å². The standard InChI is InChI=1S/HI2NS7/c1-3(2)10(5,6)9-8-7-4/h4H. The summed E-state index contributed by atoms with van der Waals surface area (Å²) in [5.74, 6) is 0. The van der Waals surface area contributed by atoms with Crippen LogP contribution in [0.3, 0.4) is 0 Å². The summed E-state index contributed by atoms with van der Waals surface area (Å²) in [6, 6.07) is 0. The van der Waals surface area contributed by atoms with Crippen LogP contribution in [-0.4, -0.2) is 0.732 Å². The highest BCUT2D eigenvalue weighted by Gasteiger charge is 2.08. The lowest BCUT2D eigenvalue weighted by Gasteiger charge is -2.09. The van der Waals surface area contributed by atoms with Gasteiger partial charge in [-0.3, -0.25) is 0 Å². The van der Waals surface area contributed by atoms with Crippen molar-refractivity contribution < 1.29 is 0 Å². The van der Waals surface area contributed by atoms with E-state index in [0.717, 1.165) is 0 Å². The minimum Gasteiger partial charge on any atom is -0.114 e. The molecule has 0 saturated heterocycles. The van der Waals surface area contributed by atoms with Gasteiger partial charge in [-0.2, -0.15) is 0 Å². The Bertz CT molecular complexity index is 168. The Morgan fingerprint density at radius 1 is 1.40 bits per heavy atom. The average Bonchev–Trinajstić information content (AvgIpc) is 1.84. The molecule has 10 heteroatoms. The van der Waals surface area contributed by atoms with Gasteiger partial charge in [0.2, 0.25) is 0 Å². The van der Waals surface area contributed by atoms with Gasteiger partial charge in [0.15, 0.2) is 0 Å². The van der Waals surface area contributed by atoms with Crippen LogP contribution < -0.4 is 0 Å². The smallest absolute Gasteiger partial charge is 0.0488 e. The Morgan fingerprint density at radius 3 is 2.20 bits per heavy atom. The number of thiol groups is 1. The van der Waals surface area contributed by atoms with Crippen molar-refractivity contribution in [2.24, 2.45) is 0 Å². The van der Waals surface area contributed by atoms with E-state index < -0.39 is 6.36 Å². The van der Waals surface area contributed by atoms with Gasteiger partial charge in [-0.25, -0.2) is 0 Å². The molecule has 0 heterocycles. The number of halogens is 2. The second-order valence-corrected chi connectivity index (χ2v) is 18.9.